The average molecular weight is 378 g/mol. The standard InChI is InChI=1S/C22H22N2O2S/c25-22(24-14-4-1-5-15-24)18-10-8-17(9-11-18)16-26-20-7-3-2-6-19(20)21-12-13-23-27-21/h2-3,6-13H,1,4-5,14-16H2. The molecular formula is C22H22N2O2S. The molecule has 5 heteroatoms. The lowest BCUT2D eigenvalue weighted by atomic mass is 10.1. The molecule has 4 nitrogen and oxygen atoms in total. The van der Waals surface area contributed by atoms with E-state index in [0.29, 0.717) is 6.61 Å². The molecule has 0 bridgehead atoms. The van der Waals surface area contributed by atoms with E-state index in [1.807, 2.05) is 59.5 Å². The highest BCUT2D eigenvalue weighted by Crippen LogP contribution is 2.32. The number of rotatable bonds is 5. The Balaban J connectivity index is 1.42. The summed E-state index contributed by atoms with van der Waals surface area (Å²) in [5, 5.41) is 0. The number of hydrogen-bond acceptors (Lipinski definition) is 4. The molecule has 0 saturated carbocycles. The van der Waals surface area contributed by atoms with Gasteiger partial charge in [-0.3, -0.25) is 4.79 Å². The predicted octanol–water partition coefficient (Wildman–Crippen LogP) is 5.02. The average Bonchev–Trinajstić information content (AvgIpc) is 3.28. The predicted molar refractivity (Wildman–Crippen MR) is 108 cm³/mol. The lowest BCUT2D eigenvalue weighted by Crippen LogP contribution is -2.35. The lowest BCUT2D eigenvalue weighted by molar-refractivity contribution is 0.0724. The van der Waals surface area contributed by atoms with Crippen LogP contribution in [-0.4, -0.2) is 28.3 Å². The monoisotopic (exact) mass is 378 g/mol. The number of nitrogens with zero attached hydrogens (tertiary/aromatic N) is 2. The van der Waals surface area contributed by atoms with Gasteiger partial charge in [0.15, 0.2) is 0 Å². The topological polar surface area (TPSA) is 42.4 Å². The van der Waals surface area contributed by atoms with Crippen molar-refractivity contribution < 1.29 is 9.53 Å². The molecule has 4 rings (SSSR count). The van der Waals surface area contributed by atoms with Crippen molar-refractivity contribution in [3.63, 3.8) is 0 Å². The summed E-state index contributed by atoms with van der Waals surface area (Å²) >= 11 is 1.46. The van der Waals surface area contributed by atoms with E-state index in [1.165, 1.54) is 18.0 Å². The molecule has 0 aliphatic carbocycles. The second-order valence-electron chi connectivity index (χ2n) is 6.71. The quantitative estimate of drug-likeness (QED) is 0.626. The Kier molecular flexibility index (Phi) is 5.49. The van der Waals surface area contributed by atoms with Crippen LogP contribution in [0.1, 0.15) is 35.2 Å². The molecule has 1 amide bonds. The van der Waals surface area contributed by atoms with Crippen LogP contribution in [-0.2, 0) is 6.61 Å². The summed E-state index contributed by atoms with van der Waals surface area (Å²) in [7, 11) is 0. The molecule has 27 heavy (non-hydrogen) atoms. The van der Waals surface area contributed by atoms with Gasteiger partial charge in [0.2, 0.25) is 0 Å². The molecule has 0 spiro atoms. The first-order valence-electron chi connectivity index (χ1n) is 9.32. The minimum atomic E-state index is 0.137. The summed E-state index contributed by atoms with van der Waals surface area (Å²) in [6.07, 6.45) is 5.24. The summed E-state index contributed by atoms with van der Waals surface area (Å²) in [5.41, 5.74) is 2.85. The second-order valence-corrected chi connectivity index (χ2v) is 7.54. The normalized spacial score (nSPS) is 14.1. The molecule has 138 valence electrons. The molecule has 0 unspecified atom stereocenters. The number of likely N-dealkylation sites (tertiary alicyclic amines) is 1. The van der Waals surface area contributed by atoms with Crippen LogP contribution in [0.4, 0.5) is 0 Å². The zero-order chi connectivity index (χ0) is 18.5. The summed E-state index contributed by atoms with van der Waals surface area (Å²) in [6.45, 7) is 2.21. The van der Waals surface area contributed by atoms with Gasteiger partial charge in [0, 0.05) is 30.4 Å². The van der Waals surface area contributed by atoms with E-state index in [2.05, 4.69) is 4.37 Å². The number of carbonyl (C=O) groups excluding carboxylic acids is 1. The fraction of sp³-hybridized carbons (Fsp3) is 0.273. The molecule has 2 aromatic carbocycles. The van der Waals surface area contributed by atoms with Crippen LogP contribution in [0.2, 0.25) is 0 Å². The van der Waals surface area contributed by atoms with E-state index < -0.39 is 0 Å². The zero-order valence-corrected chi connectivity index (χ0v) is 16.0. The van der Waals surface area contributed by atoms with Gasteiger partial charge in [0.25, 0.3) is 5.91 Å². The van der Waals surface area contributed by atoms with Crippen LogP contribution in [0.5, 0.6) is 5.75 Å². The van der Waals surface area contributed by atoms with Gasteiger partial charge in [0.05, 0.1) is 4.88 Å². The SMILES string of the molecule is O=C(c1ccc(COc2ccccc2-c2ccns2)cc1)N1CCCCC1. The van der Waals surface area contributed by atoms with Gasteiger partial charge in [-0.1, -0.05) is 24.3 Å². The van der Waals surface area contributed by atoms with Crippen LogP contribution >= 0.6 is 11.5 Å². The van der Waals surface area contributed by atoms with Crippen molar-refractivity contribution >= 4 is 17.4 Å². The Bertz CT molecular complexity index is 885. The van der Waals surface area contributed by atoms with Gasteiger partial charge < -0.3 is 9.64 Å². The number of benzene rings is 2. The molecule has 2 heterocycles. The summed E-state index contributed by atoms with van der Waals surface area (Å²) in [6, 6.07) is 17.8. The number of hydrogen-bond donors (Lipinski definition) is 0. The van der Waals surface area contributed by atoms with E-state index in [4.69, 9.17) is 4.74 Å². The van der Waals surface area contributed by atoms with Gasteiger partial charge in [0.1, 0.15) is 12.4 Å². The van der Waals surface area contributed by atoms with E-state index in [0.717, 1.165) is 53.2 Å². The van der Waals surface area contributed by atoms with Crippen molar-refractivity contribution in [3.8, 4) is 16.2 Å². The largest absolute Gasteiger partial charge is 0.488 e. The molecular weight excluding hydrogens is 356 g/mol. The first-order valence-corrected chi connectivity index (χ1v) is 10.1. The Hall–Kier alpha value is -2.66. The highest BCUT2D eigenvalue weighted by molar-refractivity contribution is 7.09. The maximum atomic E-state index is 12.6. The molecule has 1 aliphatic heterocycles. The van der Waals surface area contributed by atoms with Gasteiger partial charge >= 0.3 is 0 Å². The number of ether oxygens (including phenoxy) is 1. The van der Waals surface area contributed by atoms with Crippen molar-refractivity contribution in [2.45, 2.75) is 25.9 Å². The second kappa shape index (κ2) is 8.35. The van der Waals surface area contributed by atoms with Crippen LogP contribution in [0.25, 0.3) is 10.4 Å². The van der Waals surface area contributed by atoms with Crippen LogP contribution in [0.15, 0.2) is 60.8 Å². The fourth-order valence-electron chi connectivity index (χ4n) is 3.33. The maximum absolute atomic E-state index is 12.6. The van der Waals surface area contributed by atoms with Crippen molar-refractivity contribution in [1.29, 1.82) is 0 Å². The lowest BCUT2D eigenvalue weighted by Gasteiger charge is -2.26. The van der Waals surface area contributed by atoms with E-state index in [-0.39, 0.29) is 5.91 Å². The molecule has 1 aliphatic rings. The first kappa shape index (κ1) is 17.7. The third-order valence-electron chi connectivity index (χ3n) is 4.83. The van der Waals surface area contributed by atoms with E-state index in [9.17, 15) is 4.79 Å². The highest BCUT2D eigenvalue weighted by atomic mass is 32.1. The van der Waals surface area contributed by atoms with Crippen LogP contribution < -0.4 is 4.74 Å². The highest BCUT2D eigenvalue weighted by Gasteiger charge is 2.17. The third kappa shape index (κ3) is 4.19. The van der Waals surface area contributed by atoms with Crippen molar-refractivity contribution in [1.82, 2.24) is 9.27 Å². The number of para-hydroxylation sites is 1. The van der Waals surface area contributed by atoms with Crippen molar-refractivity contribution in [2.75, 3.05) is 13.1 Å². The van der Waals surface area contributed by atoms with E-state index in [1.54, 1.807) is 6.20 Å². The summed E-state index contributed by atoms with van der Waals surface area (Å²) in [5.74, 6) is 0.980. The van der Waals surface area contributed by atoms with E-state index >= 15 is 0 Å². The van der Waals surface area contributed by atoms with Crippen LogP contribution in [0, 0.1) is 0 Å². The Morgan fingerprint density at radius 1 is 1.00 bits per heavy atom. The zero-order valence-electron chi connectivity index (χ0n) is 15.1. The first-order chi connectivity index (χ1) is 13.3. The van der Waals surface area contributed by atoms with Gasteiger partial charge in [-0.25, -0.2) is 4.37 Å². The van der Waals surface area contributed by atoms with Crippen molar-refractivity contribution in [2.24, 2.45) is 0 Å². The number of aromatic nitrogens is 1. The Labute approximate surface area is 163 Å². The van der Waals surface area contributed by atoms with Crippen molar-refractivity contribution in [3.05, 3.63) is 71.9 Å². The number of amides is 1. The molecule has 1 fully saturated rings. The van der Waals surface area contributed by atoms with Crippen LogP contribution in [0.3, 0.4) is 0 Å². The Morgan fingerprint density at radius 2 is 1.78 bits per heavy atom. The molecule has 1 aromatic heterocycles. The molecule has 0 atom stereocenters. The smallest absolute Gasteiger partial charge is 0.253 e. The summed E-state index contributed by atoms with van der Waals surface area (Å²) in [4.78, 5) is 15.6. The molecule has 0 radical (unpaired) electrons. The maximum Gasteiger partial charge on any atom is 0.253 e. The fourth-order valence-corrected chi connectivity index (χ4v) is 3.96. The number of piperidine rings is 1. The van der Waals surface area contributed by atoms with Gasteiger partial charge in [-0.05, 0) is 66.7 Å². The summed E-state index contributed by atoms with van der Waals surface area (Å²) < 4.78 is 10.2. The van der Waals surface area contributed by atoms with Gasteiger partial charge in [-0.15, -0.1) is 0 Å². The minimum Gasteiger partial charge on any atom is -0.488 e. The molecule has 3 aromatic rings. The minimum absolute atomic E-state index is 0.137. The third-order valence-corrected chi connectivity index (χ3v) is 5.61. The Morgan fingerprint density at radius 3 is 2.52 bits per heavy atom. The number of carbonyl (C=O) groups is 1. The molecule has 0 N–H and O–H groups in total. The van der Waals surface area contributed by atoms with Gasteiger partial charge in [-0.2, -0.15) is 0 Å². The molecule has 1 saturated heterocycles.